The molecule has 1 amide bonds. The number of nitrogens with zero attached hydrogens (tertiary/aromatic N) is 3. The number of carbonyl (C=O) groups is 1. The summed E-state index contributed by atoms with van der Waals surface area (Å²) in [6, 6.07) is 18.4. The van der Waals surface area contributed by atoms with E-state index in [1.807, 2.05) is 37.3 Å². The third kappa shape index (κ3) is 5.09. The Morgan fingerprint density at radius 3 is 2.55 bits per heavy atom. The lowest BCUT2D eigenvalue weighted by Gasteiger charge is -2.31. The number of likely N-dealkylation sites (tertiary alicyclic amines) is 1. The molecule has 4 rings (SSSR count). The third-order valence-electron chi connectivity index (χ3n) is 5.40. The predicted octanol–water partition coefficient (Wildman–Crippen LogP) is 3.57. The summed E-state index contributed by atoms with van der Waals surface area (Å²) in [5, 5.41) is 6.97. The van der Waals surface area contributed by atoms with E-state index in [0.29, 0.717) is 11.7 Å². The number of benzene rings is 2. The van der Waals surface area contributed by atoms with Crippen molar-refractivity contribution in [2.24, 2.45) is 5.92 Å². The standard InChI is InChI=1S/C23H26N4O2/c1-17-7-9-19(10-8-17)22-25-21(29-26-22)15-24-23(28)20-11-13-27(14-12-20)16-18-5-3-2-4-6-18/h2-10,20H,11-16H2,1H3,(H,24,28). The molecule has 1 saturated heterocycles. The molecule has 0 saturated carbocycles. The van der Waals surface area contributed by atoms with Crippen LogP contribution in [0.2, 0.25) is 0 Å². The van der Waals surface area contributed by atoms with Gasteiger partial charge in [-0.05, 0) is 38.4 Å². The molecule has 6 heteroatoms. The number of hydrogen-bond acceptors (Lipinski definition) is 5. The molecule has 1 aromatic heterocycles. The summed E-state index contributed by atoms with van der Waals surface area (Å²) in [7, 11) is 0. The lowest BCUT2D eigenvalue weighted by Crippen LogP contribution is -2.40. The van der Waals surface area contributed by atoms with Crippen LogP contribution in [0.15, 0.2) is 59.1 Å². The lowest BCUT2D eigenvalue weighted by atomic mass is 9.95. The molecule has 0 radical (unpaired) electrons. The van der Waals surface area contributed by atoms with Gasteiger partial charge in [-0.25, -0.2) is 0 Å². The van der Waals surface area contributed by atoms with Crippen molar-refractivity contribution in [1.29, 1.82) is 0 Å². The van der Waals surface area contributed by atoms with Gasteiger partial charge in [-0.15, -0.1) is 0 Å². The first-order valence-corrected chi connectivity index (χ1v) is 10.1. The molecule has 2 heterocycles. The van der Waals surface area contributed by atoms with Crippen LogP contribution in [0.3, 0.4) is 0 Å². The summed E-state index contributed by atoms with van der Waals surface area (Å²) in [5.41, 5.74) is 3.40. The monoisotopic (exact) mass is 390 g/mol. The maximum Gasteiger partial charge on any atom is 0.246 e. The van der Waals surface area contributed by atoms with Crippen LogP contribution in [0.5, 0.6) is 0 Å². The Hall–Kier alpha value is -2.99. The number of carbonyl (C=O) groups excluding carboxylic acids is 1. The smallest absolute Gasteiger partial charge is 0.246 e. The van der Waals surface area contributed by atoms with Crippen LogP contribution in [-0.4, -0.2) is 34.0 Å². The molecule has 0 unspecified atom stereocenters. The van der Waals surface area contributed by atoms with Crippen molar-refractivity contribution in [3.8, 4) is 11.4 Å². The lowest BCUT2D eigenvalue weighted by molar-refractivity contribution is -0.126. The van der Waals surface area contributed by atoms with E-state index >= 15 is 0 Å². The number of piperidine rings is 1. The normalized spacial score (nSPS) is 15.3. The molecule has 1 aliphatic rings. The van der Waals surface area contributed by atoms with Crippen LogP contribution in [-0.2, 0) is 17.9 Å². The number of aryl methyl sites for hydroxylation is 1. The Kier molecular flexibility index (Phi) is 6.00. The van der Waals surface area contributed by atoms with Crippen molar-refractivity contribution in [2.75, 3.05) is 13.1 Å². The summed E-state index contributed by atoms with van der Waals surface area (Å²) in [6.07, 6.45) is 1.74. The molecule has 3 aromatic rings. The van der Waals surface area contributed by atoms with Gasteiger partial charge in [-0.1, -0.05) is 65.3 Å². The van der Waals surface area contributed by atoms with E-state index in [9.17, 15) is 4.79 Å². The summed E-state index contributed by atoms with van der Waals surface area (Å²) in [5.74, 6) is 1.08. The summed E-state index contributed by atoms with van der Waals surface area (Å²) in [6.45, 7) is 5.12. The van der Waals surface area contributed by atoms with Crippen molar-refractivity contribution < 1.29 is 9.32 Å². The molecular formula is C23H26N4O2. The van der Waals surface area contributed by atoms with E-state index in [4.69, 9.17) is 4.52 Å². The Balaban J connectivity index is 1.24. The van der Waals surface area contributed by atoms with Crippen LogP contribution >= 0.6 is 0 Å². The van der Waals surface area contributed by atoms with Crippen LogP contribution in [0.4, 0.5) is 0 Å². The second-order valence-electron chi connectivity index (χ2n) is 7.63. The van der Waals surface area contributed by atoms with Crippen molar-refractivity contribution in [2.45, 2.75) is 32.9 Å². The van der Waals surface area contributed by atoms with Gasteiger partial charge < -0.3 is 9.84 Å². The summed E-state index contributed by atoms with van der Waals surface area (Å²) >= 11 is 0. The van der Waals surface area contributed by atoms with Crippen LogP contribution in [0.25, 0.3) is 11.4 Å². The molecule has 0 atom stereocenters. The van der Waals surface area contributed by atoms with Crippen molar-refractivity contribution in [3.63, 3.8) is 0 Å². The minimum absolute atomic E-state index is 0.0431. The molecule has 29 heavy (non-hydrogen) atoms. The second kappa shape index (κ2) is 9.01. The van der Waals surface area contributed by atoms with E-state index in [2.05, 4.69) is 44.6 Å². The molecule has 150 valence electrons. The van der Waals surface area contributed by atoms with Crippen LogP contribution in [0, 0.1) is 12.8 Å². The van der Waals surface area contributed by atoms with E-state index in [1.54, 1.807) is 0 Å². The first kappa shape index (κ1) is 19.3. The minimum atomic E-state index is 0.0431. The molecule has 0 spiro atoms. The number of nitrogens with one attached hydrogen (secondary N) is 1. The van der Waals surface area contributed by atoms with Gasteiger partial charge >= 0.3 is 0 Å². The van der Waals surface area contributed by atoms with E-state index in [0.717, 1.165) is 38.0 Å². The molecule has 0 aliphatic carbocycles. The van der Waals surface area contributed by atoms with Crippen molar-refractivity contribution >= 4 is 5.91 Å². The largest absolute Gasteiger partial charge is 0.347 e. The predicted molar refractivity (Wildman–Crippen MR) is 111 cm³/mol. The third-order valence-corrected chi connectivity index (χ3v) is 5.40. The fourth-order valence-corrected chi connectivity index (χ4v) is 3.65. The van der Waals surface area contributed by atoms with E-state index in [1.165, 1.54) is 11.1 Å². The topological polar surface area (TPSA) is 71.3 Å². The zero-order valence-corrected chi connectivity index (χ0v) is 16.7. The average molecular weight is 390 g/mol. The first-order chi connectivity index (χ1) is 14.2. The van der Waals surface area contributed by atoms with E-state index in [-0.39, 0.29) is 18.4 Å². The maximum absolute atomic E-state index is 12.5. The molecule has 1 fully saturated rings. The van der Waals surface area contributed by atoms with Gasteiger partial charge in [0.05, 0.1) is 6.54 Å². The van der Waals surface area contributed by atoms with Gasteiger partial charge in [0.25, 0.3) is 0 Å². The zero-order chi connectivity index (χ0) is 20.1. The number of amides is 1. The highest BCUT2D eigenvalue weighted by molar-refractivity contribution is 5.78. The molecule has 2 aromatic carbocycles. The van der Waals surface area contributed by atoms with Gasteiger partial charge in [0.1, 0.15) is 0 Å². The summed E-state index contributed by atoms with van der Waals surface area (Å²) < 4.78 is 5.29. The SMILES string of the molecule is Cc1ccc(-c2noc(CNC(=O)C3CCN(Cc4ccccc4)CC3)n2)cc1. The molecule has 6 nitrogen and oxygen atoms in total. The maximum atomic E-state index is 12.5. The molecule has 0 bridgehead atoms. The first-order valence-electron chi connectivity index (χ1n) is 10.1. The van der Waals surface area contributed by atoms with Gasteiger partial charge in [0, 0.05) is 18.0 Å². The Labute approximate surface area is 170 Å². The minimum Gasteiger partial charge on any atom is -0.347 e. The zero-order valence-electron chi connectivity index (χ0n) is 16.7. The van der Waals surface area contributed by atoms with Crippen molar-refractivity contribution in [1.82, 2.24) is 20.4 Å². The Morgan fingerprint density at radius 1 is 1.10 bits per heavy atom. The van der Waals surface area contributed by atoms with Gasteiger partial charge in [-0.3, -0.25) is 9.69 Å². The fourth-order valence-electron chi connectivity index (χ4n) is 3.65. The molecule has 1 aliphatic heterocycles. The second-order valence-corrected chi connectivity index (χ2v) is 7.63. The van der Waals surface area contributed by atoms with Gasteiger partial charge in [0.15, 0.2) is 0 Å². The van der Waals surface area contributed by atoms with Crippen molar-refractivity contribution in [3.05, 3.63) is 71.6 Å². The highest BCUT2D eigenvalue weighted by Crippen LogP contribution is 2.20. The van der Waals surface area contributed by atoms with E-state index < -0.39 is 0 Å². The highest BCUT2D eigenvalue weighted by Gasteiger charge is 2.25. The number of aromatic nitrogens is 2. The van der Waals surface area contributed by atoms with Crippen LogP contribution in [0.1, 0.15) is 29.9 Å². The summed E-state index contributed by atoms with van der Waals surface area (Å²) in [4.78, 5) is 19.3. The molecule has 1 N–H and O–H groups in total. The molecular weight excluding hydrogens is 364 g/mol. The Bertz CT molecular complexity index is 929. The van der Waals surface area contributed by atoms with Gasteiger partial charge in [0.2, 0.25) is 17.6 Å². The highest BCUT2D eigenvalue weighted by atomic mass is 16.5. The number of rotatable bonds is 6. The number of hydrogen-bond donors (Lipinski definition) is 1. The average Bonchev–Trinajstić information content (AvgIpc) is 3.23. The van der Waals surface area contributed by atoms with Crippen LogP contribution < -0.4 is 5.32 Å². The quantitative estimate of drug-likeness (QED) is 0.697. The fraction of sp³-hybridized carbons (Fsp3) is 0.348. The Morgan fingerprint density at radius 2 is 1.83 bits per heavy atom. The van der Waals surface area contributed by atoms with Gasteiger partial charge in [-0.2, -0.15) is 4.98 Å².